The van der Waals surface area contributed by atoms with Gasteiger partial charge < -0.3 is 15.0 Å². The fraction of sp³-hybridized carbons (Fsp3) is 0.867. The lowest BCUT2D eigenvalue weighted by Gasteiger charge is -2.35. The van der Waals surface area contributed by atoms with Crippen molar-refractivity contribution in [2.45, 2.75) is 38.7 Å². The van der Waals surface area contributed by atoms with E-state index in [1.54, 1.807) is 6.92 Å². The molecule has 1 N–H and O–H groups in total. The number of rotatable bonds is 4. The molecule has 0 radical (unpaired) electrons. The Kier molecular flexibility index (Phi) is 3.96. The molecule has 2 amide bonds. The van der Waals surface area contributed by atoms with Crippen molar-refractivity contribution in [2.24, 2.45) is 17.8 Å². The van der Waals surface area contributed by atoms with Gasteiger partial charge in [-0.05, 0) is 31.1 Å². The van der Waals surface area contributed by atoms with E-state index in [4.69, 9.17) is 4.74 Å². The van der Waals surface area contributed by atoms with E-state index in [2.05, 4.69) is 5.32 Å². The Bertz CT molecular complexity index is 395. The SMILES string of the molecule is CC(=O)N1CC[C@@H]2[C@@H](CO[C@H]2CC(=O)NCC2CC2)C1. The van der Waals surface area contributed by atoms with Crippen LogP contribution < -0.4 is 5.32 Å². The molecule has 5 heteroatoms. The van der Waals surface area contributed by atoms with Gasteiger partial charge in [-0.15, -0.1) is 0 Å². The van der Waals surface area contributed by atoms with Crippen molar-refractivity contribution in [1.82, 2.24) is 10.2 Å². The van der Waals surface area contributed by atoms with Gasteiger partial charge in [0, 0.05) is 32.5 Å². The van der Waals surface area contributed by atoms with Crippen LogP contribution in [0.5, 0.6) is 0 Å². The van der Waals surface area contributed by atoms with E-state index in [1.165, 1.54) is 12.8 Å². The van der Waals surface area contributed by atoms with Crippen LogP contribution in [0.1, 0.15) is 32.6 Å². The van der Waals surface area contributed by atoms with E-state index in [0.29, 0.717) is 24.9 Å². The standard InChI is InChI=1S/C15H24N2O3/c1-10(18)17-5-4-13-12(8-17)9-20-14(13)6-15(19)16-7-11-2-3-11/h11-14H,2-9H2,1H3,(H,16,19)/t12-,13-,14+/m1/s1. The molecule has 3 fully saturated rings. The van der Waals surface area contributed by atoms with Gasteiger partial charge in [-0.2, -0.15) is 0 Å². The molecule has 20 heavy (non-hydrogen) atoms. The summed E-state index contributed by atoms with van der Waals surface area (Å²) in [5, 5.41) is 3.01. The van der Waals surface area contributed by atoms with Crippen LogP contribution in [0, 0.1) is 17.8 Å². The van der Waals surface area contributed by atoms with Crippen LogP contribution >= 0.6 is 0 Å². The van der Waals surface area contributed by atoms with E-state index in [-0.39, 0.29) is 17.9 Å². The molecule has 3 atom stereocenters. The predicted molar refractivity (Wildman–Crippen MR) is 73.9 cm³/mol. The van der Waals surface area contributed by atoms with Gasteiger partial charge in [0.2, 0.25) is 11.8 Å². The van der Waals surface area contributed by atoms with Crippen molar-refractivity contribution < 1.29 is 14.3 Å². The second-order valence-electron chi connectivity index (χ2n) is 6.50. The van der Waals surface area contributed by atoms with Gasteiger partial charge >= 0.3 is 0 Å². The molecule has 5 nitrogen and oxygen atoms in total. The molecule has 0 aromatic rings. The Morgan fingerprint density at radius 3 is 2.80 bits per heavy atom. The topological polar surface area (TPSA) is 58.6 Å². The molecule has 2 heterocycles. The number of carbonyl (C=O) groups is 2. The second-order valence-corrected chi connectivity index (χ2v) is 6.50. The van der Waals surface area contributed by atoms with Gasteiger partial charge in [0.05, 0.1) is 19.1 Å². The largest absolute Gasteiger partial charge is 0.377 e. The number of carbonyl (C=O) groups excluding carboxylic acids is 2. The minimum atomic E-state index is 0.0494. The molecule has 2 aliphatic heterocycles. The summed E-state index contributed by atoms with van der Waals surface area (Å²) in [4.78, 5) is 25.2. The van der Waals surface area contributed by atoms with Crippen molar-refractivity contribution >= 4 is 11.8 Å². The lowest BCUT2D eigenvalue weighted by atomic mass is 9.83. The van der Waals surface area contributed by atoms with Crippen LogP contribution in [-0.2, 0) is 14.3 Å². The summed E-state index contributed by atoms with van der Waals surface area (Å²) in [6, 6.07) is 0. The zero-order chi connectivity index (χ0) is 14.1. The van der Waals surface area contributed by atoms with Crippen molar-refractivity contribution in [3.05, 3.63) is 0 Å². The van der Waals surface area contributed by atoms with Crippen LogP contribution in [0.15, 0.2) is 0 Å². The number of ether oxygens (including phenoxy) is 1. The van der Waals surface area contributed by atoms with Crippen molar-refractivity contribution in [3.63, 3.8) is 0 Å². The summed E-state index contributed by atoms with van der Waals surface area (Å²) in [5.74, 6) is 1.84. The minimum Gasteiger partial charge on any atom is -0.377 e. The average Bonchev–Trinajstić information content (AvgIpc) is 3.18. The number of amides is 2. The highest BCUT2D eigenvalue weighted by molar-refractivity contribution is 5.76. The molecule has 0 spiro atoms. The molecule has 2 saturated heterocycles. The maximum Gasteiger partial charge on any atom is 0.222 e. The monoisotopic (exact) mass is 280 g/mol. The van der Waals surface area contributed by atoms with Crippen LogP contribution in [0.25, 0.3) is 0 Å². The van der Waals surface area contributed by atoms with E-state index >= 15 is 0 Å². The molecule has 3 aliphatic rings. The molecule has 3 rings (SSSR count). The third-order valence-electron chi connectivity index (χ3n) is 4.91. The molecule has 0 bridgehead atoms. The summed E-state index contributed by atoms with van der Waals surface area (Å²) in [6.45, 7) is 4.74. The Balaban J connectivity index is 1.47. The first-order valence-electron chi connectivity index (χ1n) is 7.77. The number of likely N-dealkylation sites (tertiary alicyclic amines) is 1. The molecule has 1 saturated carbocycles. The summed E-state index contributed by atoms with van der Waals surface area (Å²) in [7, 11) is 0. The van der Waals surface area contributed by atoms with Gasteiger partial charge in [0.15, 0.2) is 0 Å². The summed E-state index contributed by atoms with van der Waals surface area (Å²) in [6.07, 6.45) is 4.00. The lowest BCUT2D eigenvalue weighted by Crippen LogP contribution is -2.44. The van der Waals surface area contributed by atoms with Crippen molar-refractivity contribution in [2.75, 3.05) is 26.2 Å². The summed E-state index contributed by atoms with van der Waals surface area (Å²) in [5.41, 5.74) is 0. The van der Waals surface area contributed by atoms with E-state index < -0.39 is 0 Å². The highest BCUT2D eigenvalue weighted by Crippen LogP contribution is 2.36. The van der Waals surface area contributed by atoms with E-state index in [0.717, 1.165) is 32.0 Å². The summed E-state index contributed by atoms with van der Waals surface area (Å²) < 4.78 is 5.82. The third kappa shape index (κ3) is 3.14. The van der Waals surface area contributed by atoms with E-state index in [1.807, 2.05) is 4.90 Å². The smallest absolute Gasteiger partial charge is 0.222 e. The maximum absolute atomic E-state index is 11.9. The van der Waals surface area contributed by atoms with Crippen LogP contribution in [0.2, 0.25) is 0 Å². The number of hydrogen-bond donors (Lipinski definition) is 1. The van der Waals surface area contributed by atoms with Crippen LogP contribution in [-0.4, -0.2) is 49.1 Å². The average molecular weight is 280 g/mol. The Morgan fingerprint density at radius 1 is 1.30 bits per heavy atom. The zero-order valence-corrected chi connectivity index (χ0v) is 12.1. The fourth-order valence-electron chi connectivity index (χ4n) is 3.42. The number of nitrogens with one attached hydrogen (secondary N) is 1. The Labute approximate surface area is 120 Å². The number of nitrogens with zero attached hydrogens (tertiary/aromatic N) is 1. The van der Waals surface area contributed by atoms with Crippen molar-refractivity contribution in [1.29, 1.82) is 0 Å². The lowest BCUT2D eigenvalue weighted by molar-refractivity contribution is -0.131. The first-order chi connectivity index (χ1) is 9.63. The summed E-state index contributed by atoms with van der Waals surface area (Å²) >= 11 is 0. The molecule has 0 aromatic carbocycles. The second kappa shape index (κ2) is 5.72. The van der Waals surface area contributed by atoms with Gasteiger partial charge in [-0.25, -0.2) is 0 Å². The number of fused-ring (bicyclic) bond motifs is 1. The first-order valence-corrected chi connectivity index (χ1v) is 7.77. The first kappa shape index (κ1) is 13.9. The third-order valence-corrected chi connectivity index (χ3v) is 4.91. The quantitative estimate of drug-likeness (QED) is 0.828. The van der Waals surface area contributed by atoms with E-state index in [9.17, 15) is 9.59 Å². The highest BCUT2D eigenvalue weighted by Gasteiger charge is 2.42. The van der Waals surface area contributed by atoms with Gasteiger partial charge in [0.1, 0.15) is 0 Å². The Hall–Kier alpha value is -1.10. The molecule has 1 aliphatic carbocycles. The zero-order valence-electron chi connectivity index (χ0n) is 12.1. The predicted octanol–water partition coefficient (Wildman–Crippen LogP) is 0.786. The number of piperidine rings is 1. The van der Waals surface area contributed by atoms with Crippen molar-refractivity contribution in [3.8, 4) is 0 Å². The fourth-order valence-corrected chi connectivity index (χ4v) is 3.42. The molecule has 112 valence electrons. The highest BCUT2D eigenvalue weighted by atomic mass is 16.5. The Morgan fingerprint density at radius 2 is 2.10 bits per heavy atom. The van der Waals surface area contributed by atoms with Crippen LogP contribution in [0.4, 0.5) is 0 Å². The minimum absolute atomic E-state index is 0.0494. The van der Waals surface area contributed by atoms with Gasteiger partial charge in [-0.1, -0.05) is 0 Å². The molecule has 0 aromatic heterocycles. The normalized spacial score (nSPS) is 32.9. The van der Waals surface area contributed by atoms with Gasteiger partial charge in [0.25, 0.3) is 0 Å². The molecule has 0 unspecified atom stereocenters. The molecular weight excluding hydrogens is 256 g/mol. The maximum atomic E-state index is 11.9. The van der Waals surface area contributed by atoms with Gasteiger partial charge in [-0.3, -0.25) is 9.59 Å². The van der Waals surface area contributed by atoms with Crippen LogP contribution in [0.3, 0.4) is 0 Å². The number of hydrogen-bond acceptors (Lipinski definition) is 3. The molecular formula is C15H24N2O3.